The van der Waals surface area contributed by atoms with E-state index in [9.17, 15) is 4.79 Å². The number of tetrazole rings is 1. The molecule has 0 radical (unpaired) electrons. The van der Waals surface area contributed by atoms with Gasteiger partial charge in [0, 0.05) is 5.56 Å². The Balaban J connectivity index is 1.41. The minimum Gasteiger partial charge on any atom is -0.342 e. The van der Waals surface area contributed by atoms with Gasteiger partial charge in [-0.15, -0.1) is 5.10 Å². The zero-order valence-corrected chi connectivity index (χ0v) is 16.5. The Morgan fingerprint density at radius 1 is 0.968 bits per heavy atom. The van der Waals surface area contributed by atoms with Crippen LogP contribution in [-0.2, 0) is 6.42 Å². The van der Waals surface area contributed by atoms with E-state index in [0.29, 0.717) is 12.0 Å². The molecule has 2 N–H and O–H groups in total. The normalized spacial score (nSPS) is 12.0. The average Bonchev–Trinajstić information content (AvgIpc) is 3.49. The van der Waals surface area contributed by atoms with E-state index in [-0.39, 0.29) is 11.9 Å². The maximum Gasteiger partial charge on any atom is 0.251 e. The lowest BCUT2D eigenvalue weighted by Gasteiger charge is -2.17. The minimum atomic E-state index is -0.304. The lowest BCUT2D eigenvalue weighted by Crippen LogP contribution is -2.30. The third-order valence-electron chi connectivity index (χ3n) is 5.07. The van der Waals surface area contributed by atoms with E-state index in [1.807, 2.05) is 54.6 Å². The summed E-state index contributed by atoms with van der Waals surface area (Å²) in [6.45, 7) is 0. The number of carbonyl (C=O) groups is 1. The summed E-state index contributed by atoms with van der Waals surface area (Å²) in [5, 5.41) is 14.3. The Morgan fingerprint density at radius 2 is 1.74 bits per heavy atom. The number of imidazole rings is 1. The fourth-order valence-electron chi connectivity index (χ4n) is 3.49. The molecule has 31 heavy (non-hydrogen) atoms. The van der Waals surface area contributed by atoms with Crippen LogP contribution in [0.2, 0.25) is 0 Å². The molecule has 8 heteroatoms. The van der Waals surface area contributed by atoms with E-state index in [0.717, 1.165) is 28.1 Å². The first-order chi connectivity index (χ1) is 15.3. The van der Waals surface area contributed by atoms with Crippen molar-refractivity contribution in [3.63, 3.8) is 0 Å². The first-order valence-electron chi connectivity index (χ1n) is 9.89. The minimum absolute atomic E-state index is 0.176. The van der Waals surface area contributed by atoms with Crippen molar-refractivity contribution >= 4 is 16.9 Å². The van der Waals surface area contributed by atoms with Crippen molar-refractivity contribution in [1.29, 1.82) is 0 Å². The molecule has 5 aromatic rings. The molecule has 0 aliphatic rings. The molecule has 2 heterocycles. The molecule has 0 fully saturated rings. The lowest BCUT2D eigenvalue weighted by molar-refractivity contribution is 0.0935. The van der Waals surface area contributed by atoms with Gasteiger partial charge in [0.2, 0.25) is 0 Å². The summed E-state index contributed by atoms with van der Waals surface area (Å²) in [7, 11) is 0. The topological polar surface area (TPSA) is 101 Å². The molecular formula is C23H19N7O. The number of nitrogens with one attached hydrogen (secondary N) is 2. The van der Waals surface area contributed by atoms with E-state index in [1.54, 1.807) is 24.3 Å². The van der Waals surface area contributed by atoms with Crippen LogP contribution in [0.15, 0.2) is 85.2 Å². The molecule has 8 nitrogen and oxygen atoms in total. The second-order valence-electron chi connectivity index (χ2n) is 7.16. The summed E-state index contributed by atoms with van der Waals surface area (Å²) in [5.41, 5.74) is 4.25. The Bertz CT molecular complexity index is 1260. The fourth-order valence-corrected chi connectivity index (χ4v) is 3.49. The van der Waals surface area contributed by atoms with E-state index in [2.05, 4.69) is 25.8 Å². The molecule has 0 saturated heterocycles. The Hall–Kier alpha value is -4.33. The van der Waals surface area contributed by atoms with Gasteiger partial charge in [-0.05, 0) is 58.8 Å². The van der Waals surface area contributed by atoms with Gasteiger partial charge in [-0.25, -0.2) is 9.67 Å². The molecule has 0 bridgehead atoms. The van der Waals surface area contributed by atoms with Crippen molar-refractivity contribution in [1.82, 2.24) is 35.5 Å². The Kier molecular flexibility index (Phi) is 4.94. The second kappa shape index (κ2) is 8.19. The number of H-pyrrole nitrogens is 1. The number of aromatic amines is 1. The summed E-state index contributed by atoms with van der Waals surface area (Å²) < 4.78 is 1.54. The monoisotopic (exact) mass is 409 g/mol. The summed E-state index contributed by atoms with van der Waals surface area (Å²) in [5.74, 6) is 0.549. The molecule has 0 spiro atoms. The fraction of sp³-hybridized carbons (Fsp3) is 0.0870. The van der Waals surface area contributed by atoms with E-state index in [4.69, 9.17) is 4.98 Å². The van der Waals surface area contributed by atoms with Crippen molar-refractivity contribution in [2.24, 2.45) is 0 Å². The number of aromatic nitrogens is 6. The smallest absolute Gasteiger partial charge is 0.251 e. The number of nitrogens with zero attached hydrogens (tertiary/aromatic N) is 5. The van der Waals surface area contributed by atoms with Gasteiger partial charge in [0.05, 0.1) is 22.8 Å². The van der Waals surface area contributed by atoms with Gasteiger partial charge in [-0.1, -0.05) is 42.5 Å². The molecular weight excluding hydrogens is 390 g/mol. The Morgan fingerprint density at radius 3 is 2.48 bits per heavy atom. The molecule has 3 aromatic carbocycles. The van der Waals surface area contributed by atoms with Crippen LogP contribution in [-0.4, -0.2) is 36.1 Å². The van der Waals surface area contributed by atoms with Crippen molar-refractivity contribution in [3.8, 4) is 5.69 Å². The molecule has 0 aliphatic carbocycles. The molecule has 1 unspecified atom stereocenters. The van der Waals surface area contributed by atoms with Crippen LogP contribution < -0.4 is 5.32 Å². The molecule has 1 amide bonds. The quantitative estimate of drug-likeness (QED) is 0.448. The number of rotatable bonds is 6. The maximum atomic E-state index is 13.0. The van der Waals surface area contributed by atoms with Gasteiger partial charge < -0.3 is 10.3 Å². The van der Waals surface area contributed by atoms with Gasteiger partial charge in [0.1, 0.15) is 12.2 Å². The number of hydrogen-bond acceptors (Lipinski definition) is 5. The maximum absolute atomic E-state index is 13.0. The summed E-state index contributed by atoms with van der Waals surface area (Å²) >= 11 is 0. The van der Waals surface area contributed by atoms with Crippen molar-refractivity contribution in [2.45, 2.75) is 12.5 Å². The van der Waals surface area contributed by atoms with Gasteiger partial charge >= 0.3 is 0 Å². The largest absolute Gasteiger partial charge is 0.342 e. The number of fused-ring (bicyclic) bond motifs is 1. The predicted octanol–water partition coefficient (Wildman–Crippen LogP) is 3.25. The average molecular weight is 409 g/mol. The molecule has 0 aliphatic heterocycles. The van der Waals surface area contributed by atoms with E-state index < -0.39 is 0 Å². The number of benzene rings is 3. The first-order valence-corrected chi connectivity index (χ1v) is 9.89. The summed E-state index contributed by atoms with van der Waals surface area (Å²) in [6, 6.07) is 24.7. The third kappa shape index (κ3) is 4.04. The molecule has 2 aromatic heterocycles. The van der Waals surface area contributed by atoms with Crippen molar-refractivity contribution in [3.05, 3.63) is 102 Å². The predicted molar refractivity (Wildman–Crippen MR) is 116 cm³/mol. The highest BCUT2D eigenvalue weighted by Crippen LogP contribution is 2.21. The van der Waals surface area contributed by atoms with Crippen LogP contribution in [0.3, 0.4) is 0 Å². The van der Waals surface area contributed by atoms with Crippen LogP contribution in [0, 0.1) is 0 Å². The van der Waals surface area contributed by atoms with Gasteiger partial charge in [-0.3, -0.25) is 4.79 Å². The van der Waals surface area contributed by atoms with Crippen LogP contribution in [0.4, 0.5) is 0 Å². The summed E-state index contributed by atoms with van der Waals surface area (Å²) in [6.07, 6.45) is 2.13. The zero-order valence-electron chi connectivity index (χ0n) is 16.5. The number of carbonyl (C=O) groups excluding carboxylic acids is 1. The standard InChI is InChI=1S/C23H19N7O/c31-23(17-10-12-18(13-11-17)30-15-24-28-29-30)27-21(14-16-6-2-1-3-7-16)22-25-19-8-4-5-9-20(19)26-22/h1-13,15,21H,14H2,(H,25,26)(H,27,31). The van der Waals surface area contributed by atoms with Gasteiger partial charge in [0.25, 0.3) is 5.91 Å². The van der Waals surface area contributed by atoms with Crippen LogP contribution in [0.5, 0.6) is 0 Å². The lowest BCUT2D eigenvalue weighted by atomic mass is 10.0. The second-order valence-corrected chi connectivity index (χ2v) is 7.16. The Labute approximate surface area is 178 Å². The molecule has 5 rings (SSSR count). The molecule has 1 atom stereocenters. The first kappa shape index (κ1) is 18.7. The van der Waals surface area contributed by atoms with Gasteiger partial charge in [0.15, 0.2) is 0 Å². The van der Waals surface area contributed by atoms with E-state index >= 15 is 0 Å². The third-order valence-corrected chi connectivity index (χ3v) is 5.07. The highest BCUT2D eigenvalue weighted by atomic mass is 16.1. The van der Waals surface area contributed by atoms with Crippen LogP contribution in [0.25, 0.3) is 16.7 Å². The van der Waals surface area contributed by atoms with Crippen molar-refractivity contribution < 1.29 is 4.79 Å². The molecule has 152 valence electrons. The summed E-state index contributed by atoms with van der Waals surface area (Å²) in [4.78, 5) is 21.1. The highest BCUT2D eigenvalue weighted by molar-refractivity contribution is 5.94. The number of amides is 1. The van der Waals surface area contributed by atoms with E-state index in [1.165, 1.54) is 11.0 Å². The number of para-hydroxylation sites is 2. The number of hydrogen-bond donors (Lipinski definition) is 2. The van der Waals surface area contributed by atoms with Crippen LogP contribution >= 0.6 is 0 Å². The SMILES string of the molecule is O=C(NC(Cc1ccccc1)c1nc2ccccc2[nH]1)c1ccc(-n2cnnn2)cc1. The zero-order chi connectivity index (χ0) is 21.0. The highest BCUT2D eigenvalue weighted by Gasteiger charge is 2.20. The van der Waals surface area contributed by atoms with Crippen molar-refractivity contribution in [2.75, 3.05) is 0 Å². The molecule has 0 saturated carbocycles. The van der Waals surface area contributed by atoms with Gasteiger partial charge in [-0.2, -0.15) is 0 Å². The van der Waals surface area contributed by atoms with Crippen LogP contribution in [0.1, 0.15) is 27.8 Å².